The van der Waals surface area contributed by atoms with E-state index < -0.39 is 0 Å². The Morgan fingerprint density at radius 2 is 1.85 bits per heavy atom. The van der Waals surface area contributed by atoms with Crippen molar-refractivity contribution in [3.63, 3.8) is 0 Å². The van der Waals surface area contributed by atoms with Crippen LogP contribution >= 0.6 is 0 Å². The monoisotopic (exact) mass is 365 g/mol. The van der Waals surface area contributed by atoms with Crippen molar-refractivity contribution in [3.8, 4) is 17.1 Å². The smallest absolute Gasteiger partial charge is 0.262 e. The quantitative estimate of drug-likeness (QED) is 0.680. The van der Waals surface area contributed by atoms with Crippen LogP contribution in [0.4, 0.5) is 5.69 Å². The number of aliphatic hydroxyl groups is 1. The van der Waals surface area contributed by atoms with Gasteiger partial charge < -0.3 is 19.6 Å². The largest absolute Gasteiger partial charge is 0.483 e. The maximum atomic E-state index is 12.3. The Balaban J connectivity index is 1.69. The van der Waals surface area contributed by atoms with Gasteiger partial charge in [-0.1, -0.05) is 29.8 Å². The van der Waals surface area contributed by atoms with Crippen molar-refractivity contribution < 1.29 is 19.1 Å². The third-order valence-corrected chi connectivity index (χ3v) is 4.30. The number of hydrogen-bond donors (Lipinski definition) is 2. The Hall–Kier alpha value is -3.05. The molecule has 140 valence electrons. The zero-order valence-electron chi connectivity index (χ0n) is 15.7. The number of hydrogen-bond acceptors (Lipinski definition) is 4. The van der Waals surface area contributed by atoms with Crippen LogP contribution in [0.2, 0.25) is 0 Å². The van der Waals surface area contributed by atoms with E-state index >= 15 is 0 Å². The summed E-state index contributed by atoms with van der Waals surface area (Å²) in [6, 6.07) is 15.1. The number of aliphatic hydroxyl groups excluding tert-OH is 1. The van der Waals surface area contributed by atoms with Gasteiger partial charge in [0, 0.05) is 11.3 Å². The first kappa shape index (κ1) is 18.7. The Morgan fingerprint density at radius 1 is 1.04 bits per heavy atom. The fourth-order valence-electron chi connectivity index (χ4n) is 2.82. The lowest BCUT2D eigenvalue weighted by Gasteiger charge is -2.12. The molecule has 0 aliphatic rings. The van der Waals surface area contributed by atoms with Crippen molar-refractivity contribution in [1.82, 2.24) is 0 Å². The van der Waals surface area contributed by atoms with Gasteiger partial charge in [0.05, 0.1) is 0 Å². The van der Waals surface area contributed by atoms with Gasteiger partial charge in [0.1, 0.15) is 23.9 Å². The topological polar surface area (TPSA) is 71.7 Å². The summed E-state index contributed by atoms with van der Waals surface area (Å²) in [6.45, 7) is 5.68. The molecule has 3 aromatic rings. The Kier molecular flexibility index (Phi) is 5.62. The van der Waals surface area contributed by atoms with E-state index in [1.54, 1.807) is 12.1 Å². The van der Waals surface area contributed by atoms with E-state index in [9.17, 15) is 4.79 Å². The number of amides is 1. The van der Waals surface area contributed by atoms with Crippen molar-refractivity contribution >= 4 is 11.6 Å². The summed E-state index contributed by atoms with van der Waals surface area (Å²) < 4.78 is 11.2. The lowest BCUT2D eigenvalue weighted by atomic mass is 10.1. The molecule has 27 heavy (non-hydrogen) atoms. The van der Waals surface area contributed by atoms with E-state index in [4.69, 9.17) is 14.3 Å². The van der Waals surface area contributed by atoms with Crippen LogP contribution in [0.25, 0.3) is 11.3 Å². The van der Waals surface area contributed by atoms with E-state index in [1.165, 1.54) is 0 Å². The molecule has 1 aromatic heterocycles. The molecule has 0 fully saturated rings. The summed E-state index contributed by atoms with van der Waals surface area (Å²) in [7, 11) is 0. The number of carbonyl (C=O) groups is 1. The first-order valence-corrected chi connectivity index (χ1v) is 8.77. The van der Waals surface area contributed by atoms with E-state index in [0.717, 1.165) is 22.3 Å². The molecule has 0 aliphatic heterocycles. The molecular formula is C22H23NO4. The van der Waals surface area contributed by atoms with Crippen molar-refractivity contribution in [2.24, 2.45) is 0 Å². The molecule has 0 saturated heterocycles. The molecule has 3 rings (SSSR count). The number of aryl methyl sites for hydroxylation is 3. The van der Waals surface area contributed by atoms with Crippen LogP contribution in [0.1, 0.15) is 22.5 Å². The maximum absolute atomic E-state index is 12.3. The molecule has 0 radical (unpaired) electrons. The summed E-state index contributed by atoms with van der Waals surface area (Å²) in [6.07, 6.45) is 0. The highest BCUT2D eigenvalue weighted by Crippen LogP contribution is 2.27. The molecule has 1 heterocycles. The molecule has 0 bridgehead atoms. The van der Waals surface area contributed by atoms with Gasteiger partial charge in [-0.25, -0.2) is 0 Å². The highest BCUT2D eigenvalue weighted by molar-refractivity contribution is 5.93. The van der Waals surface area contributed by atoms with Gasteiger partial charge in [0.2, 0.25) is 0 Å². The van der Waals surface area contributed by atoms with Gasteiger partial charge >= 0.3 is 0 Å². The standard InChI is InChI=1S/C22H23NO4/c1-14-4-8-20(16(3)10-14)26-13-22(25)23-19-11-17(6-5-15(19)2)21-9-7-18(12-24)27-21/h4-11,24H,12-13H2,1-3H3,(H,23,25). The van der Waals surface area contributed by atoms with E-state index in [2.05, 4.69) is 5.32 Å². The molecule has 0 spiro atoms. The fourth-order valence-corrected chi connectivity index (χ4v) is 2.82. The maximum Gasteiger partial charge on any atom is 0.262 e. The average Bonchev–Trinajstić information content (AvgIpc) is 3.12. The van der Waals surface area contributed by atoms with Crippen LogP contribution in [0.3, 0.4) is 0 Å². The highest BCUT2D eigenvalue weighted by Gasteiger charge is 2.10. The second kappa shape index (κ2) is 8.10. The lowest BCUT2D eigenvalue weighted by Crippen LogP contribution is -2.21. The molecule has 0 atom stereocenters. The molecule has 2 N–H and O–H groups in total. The Labute approximate surface area is 158 Å². The van der Waals surface area contributed by atoms with Crippen molar-refractivity contribution in [1.29, 1.82) is 0 Å². The molecule has 5 heteroatoms. The first-order chi connectivity index (χ1) is 13.0. The van der Waals surface area contributed by atoms with Gasteiger partial charge in [0.25, 0.3) is 5.91 Å². The Morgan fingerprint density at radius 3 is 2.56 bits per heavy atom. The van der Waals surface area contributed by atoms with Crippen LogP contribution in [-0.2, 0) is 11.4 Å². The van der Waals surface area contributed by atoms with E-state index in [-0.39, 0.29) is 19.1 Å². The molecule has 2 aromatic carbocycles. The number of rotatable bonds is 6. The van der Waals surface area contributed by atoms with Gasteiger partial charge in [-0.05, 0) is 56.2 Å². The minimum Gasteiger partial charge on any atom is -0.483 e. The molecule has 0 saturated carbocycles. The second-order valence-electron chi connectivity index (χ2n) is 6.56. The molecular weight excluding hydrogens is 342 g/mol. The number of furan rings is 1. The SMILES string of the molecule is Cc1ccc(OCC(=O)Nc2cc(-c3ccc(CO)o3)ccc2C)c(C)c1. The van der Waals surface area contributed by atoms with E-state index in [0.29, 0.717) is 23.0 Å². The average molecular weight is 365 g/mol. The summed E-state index contributed by atoms with van der Waals surface area (Å²) in [4.78, 5) is 12.3. The third kappa shape index (κ3) is 4.57. The molecule has 0 aliphatic carbocycles. The van der Waals surface area contributed by atoms with Gasteiger partial charge in [0.15, 0.2) is 6.61 Å². The predicted octanol–water partition coefficient (Wildman–Crippen LogP) is 4.38. The van der Waals surface area contributed by atoms with Crippen LogP contribution < -0.4 is 10.1 Å². The van der Waals surface area contributed by atoms with Gasteiger partial charge in [-0.2, -0.15) is 0 Å². The van der Waals surface area contributed by atoms with Crippen LogP contribution in [0.5, 0.6) is 5.75 Å². The molecule has 1 amide bonds. The van der Waals surface area contributed by atoms with Crippen molar-refractivity contribution in [2.75, 3.05) is 11.9 Å². The zero-order valence-corrected chi connectivity index (χ0v) is 15.7. The summed E-state index contributed by atoms with van der Waals surface area (Å²) >= 11 is 0. The number of benzene rings is 2. The first-order valence-electron chi connectivity index (χ1n) is 8.77. The third-order valence-electron chi connectivity index (χ3n) is 4.30. The minimum atomic E-state index is -0.231. The highest BCUT2D eigenvalue weighted by atomic mass is 16.5. The van der Waals surface area contributed by atoms with Crippen LogP contribution in [0.15, 0.2) is 52.9 Å². The summed E-state index contributed by atoms with van der Waals surface area (Å²) in [5.41, 5.74) is 4.61. The van der Waals surface area contributed by atoms with Crippen molar-refractivity contribution in [3.05, 3.63) is 71.0 Å². The summed E-state index contributed by atoms with van der Waals surface area (Å²) in [5.74, 6) is 1.61. The van der Waals surface area contributed by atoms with Crippen LogP contribution in [0, 0.1) is 20.8 Å². The fraction of sp³-hybridized carbons (Fsp3) is 0.227. The van der Waals surface area contributed by atoms with Gasteiger partial charge in [-0.3, -0.25) is 4.79 Å². The number of ether oxygens (including phenoxy) is 1. The minimum absolute atomic E-state index is 0.0665. The number of anilines is 1. The van der Waals surface area contributed by atoms with Crippen LogP contribution in [-0.4, -0.2) is 17.6 Å². The summed E-state index contributed by atoms with van der Waals surface area (Å²) in [5, 5.41) is 12.0. The number of nitrogens with one attached hydrogen (secondary N) is 1. The Bertz CT molecular complexity index is 959. The molecule has 0 unspecified atom stereocenters. The predicted molar refractivity (Wildman–Crippen MR) is 105 cm³/mol. The van der Waals surface area contributed by atoms with E-state index in [1.807, 2.05) is 57.2 Å². The lowest BCUT2D eigenvalue weighted by molar-refractivity contribution is -0.118. The van der Waals surface area contributed by atoms with Crippen molar-refractivity contribution in [2.45, 2.75) is 27.4 Å². The normalized spacial score (nSPS) is 10.7. The number of carbonyl (C=O) groups excluding carboxylic acids is 1. The zero-order chi connectivity index (χ0) is 19.4. The second-order valence-corrected chi connectivity index (χ2v) is 6.56. The van der Waals surface area contributed by atoms with Gasteiger partial charge in [-0.15, -0.1) is 0 Å². The molecule has 5 nitrogen and oxygen atoms in total.